The van der Waals surface area contributed by atoms with Gasteiger partial charge in [0, 0.05) is 5.69 Å². The van der Waals surface area contributed by atoms with Crippen LogP contribution in [0, 0.1) is 13.8 Å². The normalized spacial score (nSPS) is 13.3. The zero-order chi connectivity index (χ0) is 13.8. The summed E-state index contributed by atoms with van der Waals surface area (Å²) in [6, 6.07) is 9.79. The number of aromatic nitrogens is 1. The van der Waals surface area contributed by atoms with E-state index in [9.17, 15) is 0 Å². The molecule has 2 rings (SSSR count). The second-order valence-electron chi connectivity index (χ2n) is 4.36. The lowest BCUT2D eigenvalue weighted by Crippen LogP contribution is -2.23. The number of hydrogen-bond donors (Lipinski definition) is 2. The van der Waals surface area contributed by atoms with Crippen LogP contribution in [0.3, 0.4) is 0 Å². The molecule has 0 amide bonds. The Morgan fingerprint density at radius 3 is 2.58 bits per heavy atom. The van der Waals surface area contributed by atoms with Crippen LogP contribution in [0.25, 0.3) is 0 Å². The number of anilines is 1. The van der Waals surface area contributed by atoms with E-state index in [1.165, 1.54) is 0 Å². The summed E-state index contributed by atoms with van der Waals surface area (Å²) in [5, 5.41) is 4.14. The van der Waals surface area contributed by atoms with Gasteiger partial charge in [0.05, 0.1) is 21.6 Å². The van der Waals surface area contributed by atoms with Crippen LogP contribution in [-0.2, 0) is 0 Å². The Morgan fingerprint density at radius 2 is 2.00 bits per heavy atom. The van der Waals surface area contributed by atoms with Gasteiger partial charge >= 0.3 is 0 Å². The fraction of sp³-hybridized carbons (Fsp3) is 0.286. The first-order chi connectivity index (χ1) is 9.06. The lowest BCUT2D eigenvalue weighted by Gasteiger charge is -2.09. The zero-order valence-corrected chi connectivity index (χ0v) is 12.2. The Morgan fingerprint density at radius 1 is 1.32 bits per heavy atom. The molecule has 0 spiro atoms. The average molecular weight is 274 g/mol. The van der Waals surface area contributed by atoms with E-state index in [0.717, 1.165) is 21.3 Å². The molecular formula is C14H18N4S. The quantitative estimate of drug-likeness (QED) is 0.667. The Bertz CT molecular complexity index is 574. The number of aryl methyl sites for hydroxylation is 2. The number of nitrogens with two attached hydrogens (primary N) is 1. The van der Waals surface area contributed by atoms with E-state index in [0.29, 0.717) is 5.96 Å². The van der Waals surface area contributed by atoms with Gasteiger partial charge in [-0.25, -0.2) is 9.98 Å². The number of guanidine groups is 1. The Labute approximate surface area is 117 Å². The number of rotatable bonds is 3. The van der Waals surface area contributed by atoms with Gasteiger partial charge in [0.15, 0.2) is 5.96 Å². The van der Waals surface area contributed by atoms with Crippen LogP contribution in [-0.4, -0.2) is 10.9 Å². The van der Waals surface area contributed by atoms with Gasteiger partial charge in [0.2, 0.25) is 0 Å². The maximum atomic E-state index is 5.92. The molecule has 0 bridgehead atoms. The molecular weight excluding hydrogens is 256 g/mol. The van der Waals surface area contributed by atoms with Crippen LogP contribution in [0.15, 0.2) is 35.3 Å². The van der Waals surface area contributed by atoms with Crippen molar-refractivity contribution >= 4 is 23.0 Å². The molecule has 2 aromatic rings. The molecule has 0 fully saturated rings. The summed E-state index contributed by atoms with van der Waals surface area (Å²) in [5.41, 5.74) is 7.90. The topological polar surface area (TPSA) is 63.3 Å². The zero-order valence-electron chi connectivity index (χ0n) is 11.3. The predicted molar refractivity (Wildman–Crippen MR) is 81.7 cm³/mol. The minimum absolute atomic E-state index is 0.0161. The van der Waals surface area contributed by atoms with Crippen molar-refractivity contribution in [1.82, 2.24) is 4.98 Å². The molecule has 1 aromatic carbocycles. The van der Waals surface area contributed by atoms with Crippen molar-refractivity contribution in [3.63, 3.8) is 0 Å². The molecule has 19 heavy (non-hydrogen) atoms. The number of benzene rings is 1. The number of nitrogens with one attached hydrogen (secondary N) is 1. The highest BCUT2D eigenvalue weighted by molar-refractivity contribution is 7.11. The smallest absolute Gasteiger partial charge is 0.193 e. The van der Waals surface area contributed by atoms with Crippen LogP contribution >= 0.6 is 11.3 Å². The molecule has 0 saturated heterocycles. The molecule has 0 aliphatic carbocycles. The van der Waals surface area contributed by atoms with E-state index in [-0.39, 0.29) is 6.04 Å². The van der Waals surface area contributed by atoms with E-state index in [1.54, 1.807) is 11.3 Å². The average Bonchev–Trinajstić information content (AvgIpc) is 2.69. The van der Waals surface area contributed by atoms with Crippen LogP contribution in [0.4, 0.5) is 5.69 Å². The second-order valence-corrected chi connectivity index (χ2v) is 5.60. The van der Waals surface area contributed by atoms with E-state index in [1.807, 2.05) is 51.1 Å². The fourth-order valence-corrected chi connectivity index (χ4v) is 2.82. The highest BCUT2D eigenvalue weighted by atomic mass is 32.1. The largest absolute Gasteiger partial charge is 0.370 e. The first-order valence-corrected chi connectivity index (χ1v) is 6.97. The van der Waals surface area contributed by atoms with E-state index in [4.69, 9.17) is 5.73 Å². The number of thiazole rings is 1. The molecule has 0 aliphatic heterocycles. The molecule has 0 saturated carbocycles. The monoisotopic (exact) mass is 274 g/mol. The molecule has 1 aromatic heterocycles. The summed E-state index contributed by atoms with van der Waals surface area (Å²) in [6.07, 6.45) is 0. The SMILES string of the molecule is Cc1nc(C)c(C(C)N=C(N)Nc2ccccc2)s1. The Balaban J connectivity index is 2.10. The molecule has 5 heteroatoms. The minimum atomic E-state index is 0.0161. The van der Waals surface area contributed by atoms with Gasteiger partial charge in [-0.1, -0.05) is 18.2 Å². The summed E-state index contributed by atoms with van der Waals surface area (Å²) in [7, 11) is 0. The highest BCUT2D eigenvalue weighted by Gasteiger charge is 2.12. The fourth-order valence-electron chi connectivity index (χ4n) is 1.90. The van der Waals surface area contributed by atoms with Crippen LogP contribution < -0.4 is 11.1 Å². The molecule has 0 radical (unpaired) electrons. The number of para-hydroxylation sites is 1. The van der Waals surface area contributed by atoms with Crippen LogP contribution in [0.1, 0.15) is 28.5 Å². The summed E-state index contributed by atoms with van der Waals surface area (Å²) >= 11 is 1.67. The molecule has 1 unspecified atom stereocenters. The van der Waals surface area contributed by atoms with Crippen molar-refractivity contribution in [1.29, 1.82) is 0 Å². The summed E-state index contributed by atoms with van der Waals surface area (Å²) in [6.45, 7) is 6.04. The van der Waals surface area contributed by atoms with Crippen molar-refractivity contribution in [3.8, 4) is 0 Å². The first kappa shape index (κ1) is 13.5. The van der Waals surface area contributed by atoms with Gasteiger partial charge in [-0.3, -0.25) is 0 Å². The van der Waals surface area contributed by atoms with Crippen LogP contribution in [0.5, 0.6) is 0 Å². The summed E-state index contributed by atoms with van der Waals surface area (Å²) < 4.78 is 0. The van der Waals surface area contributed by atoms with E-state index >= 15 is 0 Å². The van der Waals surface area contributed by atoms with Gasteiger partial charge < -0.3 is 11.1 Å². The minimum Gasteiger partial charge on any atom is -0.370 e. The number of aliphatic imine (C=N–C) groups is 1. The lowest BCUT2D eigenvalue weighted by molar-refractivity contribution is 0.824. The maximum absolute atomic E-state index is 5.92. The molecule has 1 heterocycles. The van der Waals surface area contributed by atoms with Gasteiger partial charge in [-0.2, -0.15) is 0 Å². The lowest BCUT2D eigenvalue weighted by atomic mass is 10.2. The van der Waals surface area contributed by atoms with Gasteiger partial charge in [-0.15, -0.1) is 11.3 Å². The van der Waals surface area contributed by atoms with Gasteiger partial charge in [0.1, 0.15) is 0 Å². The Kier molecular flexibility index (Phi) is 4.16. The summed E-state index contributed by atoms with van der Waals surface area (Å²) in [4.78, 5) is 10.0. The maximum Gasteiger partial charge on any atom is 0.193 e. The Hall–Kier alpha value is -1.88. The third-order valence-corrected chi connectivity index (χ3v) is 3.94. The van der Waals surface area contributed by atoms with Crippen molar-refractivity contribution in [2.24, 2.45) is 10.7 Å². The third-order valence-electron chi connectivity index (χ3n) is 2.70. The predicted octanol–water partition coefficient (Wildman–Crippen LogP) is 3.25. The molecule has 3 N–H and O–H groups in total. The number of nitrogens with zero attached hydrogens (tertiary/aromatic N) is 2. The van der Waals surface area contributed by atoms with Gasteiger partial charge in [0.25, 0.3) is 0 Å². The highest BCUT2D eigenvalue weighted by Crippen LogP contribution is 2.26. The molecule has 4 nitrogen and oxygen atoms in total. The first-order valence-electron chi connectivity index (χ1n) is 6.15. The van der Waals surface area contributed by atoms with Crippen molar-refractivity contribution in [2.75, 3.05) is 5.32 Å². The van der Waals surface area contributed by atoms with Crippen molar-refractivity contribution in [3.05, 3.63) is 45.9 Å². The standard InChI is InChI=1S/C14H18N4S/c1-9-13(19-11(3)16-9)10(2)17-14(15)18-12-7-5-4-6-8-12/h4-8,10H,1-3H3,(H3,15,17,18). The van der Waals surface area contributed by atoms with Crippen molar-refractivity contribution in [2.45, 2.75) is 26.8 Å². The summed E-state index contributed by atoms with van der Waals surface area (Å²) in [5.74, 6) is 0.421. The van der Waals surface area contributed by atoms with E-state index in [2.05, 4.69) is 15.3 Å². The number of hydrogen-bond acceptors (Lipinski definition) is 3. The van der Waals surface area contributed by atoms with Crippen molar-refractivity contribution < 1.29 is 0 Å². The third kappa shape index (κ3) is 3.54. The van der Waals surface area contributed by atoms with E-state index < -0.39 is 0 Å². The molecule has 1 atom stereocenters. The molecule has 100 valence electrons. The second kappa shape index (κ2) is 5.84. The van der Waals surface area contributed by atoms with Gasteiger partial charge in [-0.05, 0) is 32.9 Å². The van der Waals surface area contributed by atoms with Crippen LogP contribution in [0.2, 0.25) is 0 Å². The molecule has 0 aliphatic rings.